The van der Waals surface area contributed by atoms with Gasteiger partial charge in [-0.15, -0.1) is 0 Å². The molecule has 6 aromatic rings. The molecule has 1 fully saturated rings. The highest BCUT2D eigenvalue weighted by Crippen LogP contribution is 2.40. The van der Waals surface area contributed by atoms with Gasteiger partial charge in [0.2, 0.25) is 0 Å². The topological polar surface area (TPSA) is 31.6 Å². The molecule has 1 saturated heterocycles. The minimum Gasteiger partial charge on any atom is -0.456 e. The molecule has 0 atom stereocenters. The lowest BCUT2D eigenvalue weighted by molar-refractivity contribution is 0.00578. The van der Waals surface area contributed by atoms with Crippen LogP contribution in [0.15, 0.2) is 89.4 Å². The third-order valence-electron chi connectivity index (χ3n) is 9.37. The maximum absolute atomic E-state index is 6.34. The molecule has 0 amide bonds. The van der Waals surface area contributed by atoms with Crippen molar-refractivity contribution in [3.63, 3.8) is 0 Å². The van der Waals surface area contributed by atoms with Gasteiger partial charge in [-0.25, -0.2) is 0 Å². The van der Waals surface area contributed by atoms with Gasteiger partial charge in [-0.2, -0.15) is 0 Å². The largest absolute Gasteiger partial charge is 0.494 e. The van der Waals surface area contributed by atoms with Crippen LogP contribution in [0.1, 0.15) is 45.2 Å². The molecule has 0 N–H and O–H groups in total. The molecule has 0 saturated carbocycles. The van der Waals surface area contributed by atoms with Crippen LogP contribution in [-0.2, 0) is 15.7 Å². The van der Waals surface area contributed by atoms with E-state index in [-0.39, 0.29) is 11.2 Å². The van der Waals surface area contributed by atoms with E-state index < -0.39 is 7.12 Å². The van der Waals surface area contributed by atoms with E-state index in [2.05, 4.69) is 113 Å². The molecular formula is C36H31BO3. The lowest BCUT2D eigenvalue weighted by Gasteiger charge is -2.32. The fourth-order valence-corrected chi connectivity index (χ4v) is 6.46. The van der Waals surface area contributed by atoms with Crippen molar-refractivity contribution in [2.24, 2.45) is 0 Å². The summed E-state index contributed by atoms with van der Waals surface area (Å²) in [6.45, 7) is 8.35. The quantitative estimate of drug-likeness (QED) is 0.168. The van der Waals surface area contributed by atoms with E-state index in [1.54, 1.807) is 0 Å². The average molecular weight is 522 g/mol. The van der Waals surface area contributed by atoms with Crippen LogP contribution in [0.5, 0.6) is 0 Å². The van der Waals surface area contributed by atoms with Gasteiger partial charge in [0.05, 0.1) is 11.2 Å². The van der Waals surface area contributed by atoms with Crippen LogP contribution in [0, 0.1) is 0 Å². The lowest BCUT2D eigenvalue weighted by Crippen LogP contribution is -2.41. The fraction of sp³-hybridized carbons (Fsp3) is 0.222. The van der Waals surface area contributed by atoms with Crippen LogP contribution in [0.2, 0.25) is 0 Å². The van der Waals surface area contributed by atoms with Crippen LogP contribution < -0.4 is 5.46 Å². The molecule has 3 nitrogen and oxygen atoms in total. The van der Waals surface area contributed by atoms with E-state index >= 15 is 0 Å². The number of furan rings is 1. The SMILES string of the molecule is CC1(C)OB(c2ccc3oc4ccc(-c5ccc6c7c(c8ccccc8c6c5)CCC=C7)cc4c3c2)OC1(C)C. The summed E-state index contributed by atoms with van der Waals surface area (Å²) in [6, 6.07) is 28.6. The molecule has 2 aliphatic rings. The highest BCUT2D eigenvalue weighted by molar-refractivity contribution is 6.62. The molecule has 8 rings (SSSR count). The molecule has 1 aromatic heterocycles. The highest BCUT2D eigenvalue weighted by atomic mass is 16.7. The number of benzene rings is 5. The van der Waals surface area contributed by atoms with Crippen LogP contribution in [0.25, 0.3) is 60.7 Å². The number of hydrogen-bond acceptors (Lipinski definition) is 3. The first-order valence-corrected chi connectivity index (χ1v) is 14.3. The summed E-state index contributed by atoms with van der Waals surface area (Å²) in [7, 11) is -0.406. The van der Waals surface area contributed by atoms with Gasteiger partial charge in [0, 0.05) is 10.8 Å². The van der Waals surface area contributed by atoms with Crippen molar-refractivity contribution in [1.29, 1.82) is 0 Å². The monoisotopic (exact) mass is 522 g/mol. The second-order valence-electron chi connectivity index (χ2n) is 12.3. The number of fused-ring (bicyclic) bond motifs is 9. The van der Waals surface area contributed by atoms with E-state index in [0.717, 1.165) is 40.2 Å². The van der Waals surface area contributed by atoms with Gasteiger partial charge in [0.15, 0.2) is 0 Å². The first-order chi connectivity index (χ1) is 19.3. The number of hydrogen-bond donors (Lipinski definition) is 0. The first-order valence-electron chi connectivity index (χ1n) is 14.3. The van der Waals surface area contributed by atoms with Crippen molar-refractivity contribution in [2.75, 3.05) is 0 Å². The average Bonchev–Trinajstić information content (AvgIpc) is 3.44. The van der Waals surface area contributed by atoms with Gasteiger partial charge in [0.25, 0.3) is 0 Å². The Morgan fingerprint density at radius 2 is 1.27 bits per heavy atom. The molecule has 2 heterocycles. The second-order valence-corrected chi connectivity index (χ2v) is 12.3. The first kappa shape index (κ1) is 24.0. The Bertz CT molecular complexity index is 2010. The van der Waals surface area contributed by atoms with Crippen molar-refractivity contribution < 1.29 is 13.7 Å². The molecule has 196 valence electrons. The zero-order chi connectivity index (χ0) is 27.2. The summed E-state index contributed by atoms with van der Waals surface area (Å²) in [6.07, 6.45) is 6.83. The highest BCUT2D eigenvalue weighted by Gasteiger charge is 2.51. The summed E-state index contributed by atoms with van der Waals surface area (Å²) in [5.41, 5.74) is 7.23. The third kappa shape index (κ3) is 3.46. The normalized spacial score (nSPS) is 17.9. The maximum atomic E-state index is 6.34. The van der Waals surface area contributed by atoms with Crippen molar-refractivity contribution in [1.82, 2.24) is 0 Å². The van der Waals surface area contributed by atoms with Crippen LogP contribution in [0.4, 0.5) is 0 Å². The third-order valence-corrected chi connectivity index (χ3v) is 9.37. The zero-order valence-corrected chi connectivity index (χ0v) is 23.4. The second kappa shape index (κ2) is 8.33. The number of allylic oxidation sites excluding steroid dienone is 1. The van der Waals surface area contributed by atoms with Crippen molar-refractivity contribution in [3.8, 4) is 11.1 Å². The molecule has 40 heavy (non-hydrogen) atoms. The van der Waals surface area contributed by atoms with E-state index in [9.17, 15) is 0 Å². The van der Waals surface area contributed by atoms with Crippen LogP contribution in [0.3, 0.4) is 0 Å². The molecule has 5 aromatic carbocycles. The van der Waals surface area contributed by atoms with E-state index in [0.29, 0.717) is 0 Å². The summed E-state index contributed by atoms with van der Waals surface area (Å²) >= 11 is 0. The Morgan fingerprint density at radius 3 is 2.05 bits per heavy atom. The van der Waals surface area contributed by atoms with Crippen LogP contribution in [-0.4, -0.2) is 18.3 Å². The Labute approximate surface area is 234 Å². The predicted octanol–water partition coefficient (Wildman–Crippen LogP) is 8.82. The molecule has 0 radical (unpaired) electrons. The standard InChI is InChI=1S/C36H31BO3/c1-35(2)36(3,4)40-37(39-35)24-15-18-34-32(21-24)31-20-23(14-17-33(31)38-34)22-13-16-29-27-11-6-5-9-25(27)26-10-7-8-12-28(26)30(29)19-22/h6-8,10-21H,5,9H2,1-4H3. The number of aryl methyl sites for hydroxylation is 1. The minimum atomic E-state index is -0.406. The smallest absolute Gasteiger partial charge is 0.456 e. The van der Waals surface area contributed by atoms with Crippen LogP contribution >= 0.6 is 0 Å². The number of rotatable bonds is 2. The van der Waals surface area contributed by atoms with Gasteiger partial charge in [-0.3, -0.25) is 0 Å². The van der Waals surface area contributed by atoms with E-state index in [1.165, 1.54) is 43.8 Å². The van der Waals surface area contributed by atoms with Gasteiger partial charge in [-0.05, 0) is 114 Å². The van der Waals surface area contributed by atoms with Gasteiger partial charge in [0.1, 0.15) is 11.2 Å². The van der Waals surface area contributed by atoms with E-state index in [4.69, 9.17) is 13.7 Å². The van der Waals surface area contributed by atoms with Gasteiger partial charge >= 0.3 is 7.12 Å². The molecule has 1 aliphatic heterocycles. The molecular weight excluding hydrogens is 491 g/mol. The zero-order valence-electron chi connectivity index (χ0n) is 23.4. The van der Waals surface area contributed by atoms with Crippen molar-refractivity contribution in [2.45, 2.75) is 51.7 Å². The van der Waals surface area contributed by atoms with Gasteiger partial charge in [-0.1, -0.05) is 66.7 Å². The Morgan fingerprint density at radius 1 is 0.625 bits per heavy atom. The summed E-state index contributed by atoms with van der Waals surface area (Å²) < 4.78 is 18.9. The molecule has 4 heteroatoms. The van der Waals surface area contributed by atoms with Crippen molar-refractivity contribution in [3.05, 3.63) is 96.1 Å². The fourth-order valence-electron chi connectivity index (χ4n) is 6.46. The summed E-state index contributed by atoms with van der Waals surface area (Å²) in [5.74, 6) is 0. The Balaban J connectivity index is 1.27. The summed E-state index contributed by atoms with van der Waals surface area (Å²) in [4.78, 5) is 0. The Hall–Kier alpha value is -3.86. The van der Waals surface area contributed by atoms with Gasteiger partial charge < -0.3 is 13.7 Å². The molecule has 0 bridgehead atoms. The molecule has 0 spiro atoms. The Kier molecular flexibility index (Phi) is 4.99. The minimum absolute atomic E-state index is 0.381. The molecule has 1 aliphatic carbocycles. The lowest BCUT2D eigenvalue weighted by atomic mass is 9.78. The van der Waals surface area contributed by atoms with Crippen molar-refractivity contribution >= 4 is 62.1 Å². The maximum Gasteiger partial charge on any atom is 0.494 e. The molecule has 0 unspecified atom stereocenters. The summed E-state index contributed by atoms with van der Waals surface area (Å²) in [5, 5.41) is 7.51. The predicted molar refractivity (Wildman–Crippen MR) is 167 cm³/mol. The van der Waals surface area contributed by atoms with E-state index in [1.807, 2.05) is 6.07 Å².